The molecule has 0 radical (unpaired) electrons. The molecule has 2 amide bonds. The fraction of sp³-hybridized carbons (Fsp3) is 0.318. The molecule has 1 saturated heterocycles. The first-order valence-electron chi connectivity index (χ1n) is 9.61. The fourth-order valence-corrected chi connectivity index (χ4v) is 3.32. The number of hydrogen-bond donors (Lipinski definition) is 1. The summed E-state index contributed by atoms with van der Waals surface area (Å²) < 4.78 is 23.5. The number of methoxy groups -OCH3 is 2. The van der Waals surface area contributed by atoms with Crippen LogP contribution in [0, 0.1) is 11.7 Å². The Morgan fingerprint density at radius 2 is 1.80 bits per heavy atom. The first-order valence-corrected chi connectivity index (χ1v) is 9.61. The van der Waals surface area contributed by atoms with Gasteiger partial charge in [-0.05, 0) is 55.3 Å². The van der Waals surface area contributed by atoms with Crippen molar-refractivity contribution in [3.8, 4) is 11.5 Å². The van der Waals surface area contributed by atoms with E-state index >= 15 is 0 Å². The van der Waals surface area contributed by atoms with Gasteiger partial charge in [0.05, 0.1) is 20.4 Å². The van der Waals surface area contributed by atoms with Gasteiger partial charge in [0.25, 0.3) is 5.91 Å². The number of ether oxygens (including phenoxy) is 2. The number of hydrogen-bond acceptors (Lipinski definition) is 5. The molecule has 0 unspecified atom stereocenters. The van der Waals surface area contributed by atoms with Crippen molar-refractivity contribution in [3.05, 3.63) is 59.4 Å². The van der Waals surface area contributed by atoms with Crippen LogP contribution in [-0.2, 0) is 4.79 Å². The number of halogens is 1. The molecule has 3 rings (SSSR count). The Balaban J connectivity index is 1.52. The van der Waals surface area contributed by atoms with Gasteiger partial charge in [-0.2, -0.15) is 5.10 Å². The van der Waals surface area contributed by atoms with Gasteiger partial charge >= 0.3 is 0 Å². The fourth-order valence-electron chi connectivity index (χ4n) is 3.32. The summed E-state index contributed by atoms with van der Waals surface area (Å²) in [4.78, 5) is 26.6. The Labute approximate surface area is 174 Å². The van der Waals surface area contributed by atoms with E-state index in [4.69, 9.17) is 9.47 Å². The first kappa shape index (κ1) is 21.3. The minimum absolute atomic E-state index is 0.156. The van der Waals surface area contributed by atoms with E-state index in [0.717, 1.165) is 0 Å². The smallest absolute Gasteiger partial charge is 0.253 e. The zero-order valence-corrected chi connectivity index (χ0v) is 16.9. The van der Waals surface area contributed by atoms with Gasteiger partial charge in [-0.15, -0.1) is 0 Å². The number of piperidine rings is 1. The lowest BCUT2D eigenvalue weighted by molar-refractivity contribution is -0.126. The van der Waals surface area contributed by atoms with Crippen molar-refractivity contribution in [2.24, 2.45) is 11.0 Å². The molecule has 0 saturated carbocycles. The molecule has 8 heteroatoms. The van der Waals surface area contributed by atoms with Crippen LogP contribution in [0.3, 0.4) is 0 Å². The third-order valence-electron chi connectivity index (χ3n) is 5.06. The molecule has 158 valence electrons. The number of hydrazone groups is 1. The molecule has 30 heavy (non-hydrogen) atoms. The highest BCUT2D eigenvalue weighted by atomic mass is 19.1. The van der Waals surface area contributed by atoms with Crippen molar-refractivity contribution in [1.29, 1.82) is 0 Å². The molecule has 0 bridgehead atoms. The Morgan fingerprint density at radius 1 is 1.10 bits per heavy atom. The molecule has 2 aromatic rings. The highest BCUT2D eigenvalue weighted by Gasteiger charge is 2.27. The molecule has 7 nitrogen and oxygen atoms in total. The molecule has 1 N–H and O–H groups in total. The molecule has 1 aliphatic rings. The summed E-state index contributed by atoms with van der Waals surface area (Å²) in [5, 5.41) is 4.03. The van der Waals surface area contributed by atoms with Crippen LogP contribution < -0.4 is 14.9 Å². The van der Waals surface area contributed by atoms with Gasteiger partial charge in [0.1, 0.15) is 17.3 Å². The summed E-state index contributed by atoms with van der Waals surface area (Å²) in [5.74, 6) is 0.308. The lowest BCUT2D eigenvalue weighted by Crippen LogP contribution is -2.42. The van der Waals surface area contributed by atoms with Crippen LogP contribution in [0.15, 0.2) is 47.6 Å². The van der Waals surface area contributed by atoms with Crippen molar-refractivity contribution in [2.75, 3.05) is 27.3 Å². The molecule has 0 spiro atoms. The average Bonchev–Trinajstić information content (AvgIpc) is 2.79. The van der Waals surface area contributed by atoms with Crippen molar-refractivity contribution >= 4 is 18.0 Å². The molecule has 1 aliphatic heterocycles. The van der Waals surface area contributed by atoms with Crippen LogP contribution in [0.25, 0.3) is 0 Å². The van der Waals surface area contributed by atoms with Crippen molar-refractivity contribution in [2.45, 2.75) is 12.8 Å². The zero-order chi connectivity index (χ0) is 21.5. The SMILES string of the molecule is COc1ccc(OC)c(/C=N\NC(=O)C2CCN(C(=O)c3ccc(F)cc3)CC2)c1. The minimum Gasteiger partial charge on any atom is -0.497 e. The molecule has 0 atom stereocenters. The topological polar surface area (TPSA) is 80.2 Å². The van der Waals surface area contributed by atoms with Crippen LogP contribution in [0.1, 0.15) is 28.8 Å². The van der Waals surface area contributed by atoms with Gasteiger partial charge in [-0.25, -0.2) is 9.82 Å². The van der Waals surface area contributed by atoms with Gasteiger partial charge in [-0.3, -0.25) is 9.59 Å². The van der Waals surface area contributed by atoms with Crippen LogP contribution in [0.4, 0.5) is 4.39 Å². The van der Waals surface area contributed by atoms with Gasteiger partial charge in [0.2, 0.25) is 5.91 Å². The largest absolute Gasteiger partial charge is 0.497 e. The maximum Gasteiger partial charge on any atom is 0.253 e. The van der Waals surface area contributed by atoms with Crippen LogP contribution >= 0.6 is 0 Å². The van der Waals surface area contributed by atoms with E-state index in [9.17, 15) is 14.0 Å². The van der Waals surface area contributed by atoms with E-state index in [-0.39, 0.29) is 23.5 Å². The van der Waals surface area contributed by atoms with Crippen LogP contribution in [0.2, 0.25) is 0 Å². The third-order valence-corrected chi connectivity index (χ3v) is 5.06. The number of nitrogens with one attached hydrogen (secondary N) is 1. The molecular formula is C22H24FN3O4. The highest BCUT2D eigenvalue weighted by Crippen LogP contribution is 2.22. The Morgan fingerprint density at radius 3 is 2.43 bits per heavy atom. The maximum absolute atomic E-state index is 13.0. The molecular weight excluding hydrogens is 389 g/mol. The Bertz CT molecular complexity index is 922. The molecule has 2 aromatic carbocycles. The lowest BCUT2D eigenvalue weighted by atomic mass is 9.95. The standard InChI is InChI=1S/C22H24FN3O4/c1-29-19-7-8-20(30-2)17(13-19)14-24-25-21(27)15-9-11-26(12-10-15)22(28)16-3-5-18(23)6-4-16/h3-8,13-15H,9-12H2,1-2H3,(H,25,27)/b24-14-. The Hall–Kier alpha value is -3.42. The predicted molar refractivity (Wildman–Crippen MR) is 110 cm³/mol. The summed E-state index contributed by atoms with van der Waals surface area (Å²) in [6, 6.07) is 10.8. The van der Waals surface area contributed by atoms with Gasteiger partial charge in [0.15, 0.2) is 0 Å². The van der Waals surface area contributed by atoms with Gasteiger partial charge in [-0.1, -0.05) is 0 Å². The normalized spacial score (nSPS) is 14.6. The molecule has 0 aliphatic carbocycles. The molecule has 1 fully saturated rings. The Kier molecular flexibility index (Phi) is 7.00. The van der Waals surface area contributed by atoms with Crippen LogP contribution in [-0.4, -0.2) is 50.2 Å². The maximum atomic E-state index is 13.0. The zero-order valence-electron chi connectivity index (χ0n) is 16.9. The highest BCUT2D eigenvalue weighted by molar-refractivity contribution is 5.94. The predicted octanol–water partition coefficient (Wildman–Crippen LogP) is 2.85. The summed E-state index contributed by atoms with van der Waals surface area (Å²) in [5.41, 5.74) is 3.68. The third kappa shape index (κ3) is 5.14. The van der Waals surface area contributed by atoms with E-state index in [1.165, 1.54) is 30.5 Å². The number of carbonyl (C=O) groups excluding carboxylic acids is 2. The van der Waals surface area contributed by atoms with E-state index in [1.54, 1.807) is 37.3 Å². The number of nitrogens with zero attached hydrogens (tertiary/aromatic N) is 2. The second-order valence-corrected chi connectivity index (χ2v) is 6.92. The summed E-state index contributed by atoms with van der Waals surface area (Å²) >= 11 is 0. The quantitative estimate of drug-likeness (QED) is 0.583. The summed E-state index contributed by atoms with van der Waals surface area (Å²) in [6.45, 7) is 0.920. The van der Waals surface area contributed by atoms with Gasteiger partial charge < -0.3 is 14.4 Å². The second-order valence-electron chi connectivity index (χ2n) is 6.92. The average molecular weight is 413 g/mol. The summed E-state index contributed by atoms with van der Waals surface area (Å²) in [7, 11) is 3.12. The number of amides is 2. The van der Waals surface area contributed by atoms with E-state index in [0.29, 0.717) is 48.6 Å². The number of benzene rings is 2. The number of carbonyl (C=O) groups is 2. The van der Waals surface area contributed by atoms with Gasteiger partial charge in [0, 0.05) is 30.1 Å². The van der Waals surface area contributed by atoms with Crippen molar-refractivity contribution in [3.63, 3.8) is 0 Å². The minimum atomic E-state index is -0.381. The second kappa shape index (κ2) is 9.87. The first-order chi connectivity index (χ1) is 14.5. The van der Waals surface area contributed by atoms with Crippen LogP contribution in [0.5, 0.6) is 11.5 Å². The monoisotopic (exact) mass is 413 g/mol. The number of likely N-dealkylation sites (tertiary alicyclic amines) is 1. The number of rotatable bonds is 6. The molecule has 0 aromatic heterocycles. The lowest BCUT2D eigenvalue weighted by Gasteiger charge is -2.31. The van der Waals surface area contributed by atoms with E-state index < -0.39 is 0 Å². The van der Waals surface area contributed by atoms with E-state index in [1.807, 2.05) is 0 Å². The van der Waals surface area contributed by atoms with E-state index in [2.05, 4.69) is 10.5 Å². The molecule has 1 heterocycles. The van der Waals surface area contributed by atoms with Crippen molar-refractivity contribution in [1.82, 2.24) is 10.3 Å². The summed E-state index contributed by atoms with van der Waals surface area (Å²) in [6.07, 6.45) is 2.58. The van der Waals surface area contributed by atoms with Crippen molar-refractivity contribution < 1.29 is 23.5 Å².